The third kappa shape index (κ3) is 3.05. The van der Waals surface area contributed by atoms with E-state index in [-0.39, 0.29) is 5.91 Å². The second-order valence-corrected chi connectivity index (χ2v) is 2.80. The van der Waals surface area contributed by atoms with Gasteiger partial charge in [-0.3, -0.25) is 4.79 Å². The molecule has 1 aromatic rings. The topological polar surface area (TPSA) is 38.3 Å². The summed E-state index contributed by atoms with van der Waals surface area (Å²) in [7, 11) is 1.38. The van der Waals surface area contributed by atoms with Crippen molar-refractivity contribution in [3.63, 3.8) is 0 Å². The number of para-hydroxylation sites is 1. The lowest BCUT2D eigenvalue weighted by Gasteiger charge is -2.07. The molecule has 1 unspecified atom stereocenters. The molecule has 70 valence electrons. The molecule has 1 N–H and O–H groups in total. The van der Waals surface area contributed by atoms with Gasteiger partial charge in [0.2, 0.25) is 5.56 Å². The number of hydrogen-bond acceptors (Lipinski definition) is 2. The van der Waals surface area contributed by atoms with Crippen molar-refractivity contribution in [2.45, 2.75) is 5.56 Å². The van der Waals surface area contributed by atoms with Crippen LogP contribution in [0.15, 0.2) is 30.3 Å². The van der Waals surface area contributed by atoms with E-state index in [1.54, 1.807) is 12.1 Å². The van der Waals surface area contributed by atoms with Gasteiger partial charge in [0, 0.05) is 12.8 Å². The maximum Gasteiger partial charge on any atom is 0.269 e. The number of halogens is 1. The van der Waals surface area contributed by atoms with E-state index in [1.165, 1.54) is 7.11 Å². The summed E-state index contributed by atoms with van der Waals surface area (Å²) in [6, 6.07) is 9.07. The first-order chi connectivity index (χ1) is 6.24. The largest absolute Gasteiger partial charge is 0.357 e. The number of hydrogen-bond donors (Lipinski definition) is 1. The Kier molecular flexibility index (Phi) is 3.73. The van der Waals surface area contributed by atoms with Crippen LogP contribution in [-0.4, -0.2) is 18.6 Å². The summed E-state index contributed by atoms with van der Waals surface area (Å²) in [5, 5.41) is 2.60. The molecule has 13 heavy (non-hydrogen) atoms. The SMILES string of the molecule is COC(Cl)C(=O)Nc1ccccc1. The molecule has 0 aliphatic carbocycles. The second-order valence-electron chi connectivity index (χ2n) is 2.41. The van der Waals surface area contributed by atoms with Crippen molar-refractivity contribution in [2.24, 2.45) is 0 Å². The average Bonchev–Trinajstić information content (AvgIpc) is 2.18. The summed E-state index contributed by atoms with van der Waals surface area (Å²) in [5.41, 5.74) is -0.240. The number of alkyl halides is 1. The van der Waals surface area contributed by atoms with E-state index in [1.807, 2.05) is 18.2 Å². The van der Waals surface area contributed by atoms with Crippen LogP contribution in [0.3, 0.4) is 0 Å². The van der Waals surface area contributed by atoms with Crippen LogP contribution in [0.4, 0.5) is 5.69 Å². The molecule has 0 heterocycles. The molecule has 0 radical (unpaired) electrons. The van der Waals surface area contributed by atoms with Gasteiger partial charge in [-0.25, -0.2) is 0 Å². The highest BCUT2D eigenvalue weighted by atomic mass is 35.5. The number of amides is 1. The predicted octanol–water partition coefficient (Wildman–Crippen LogP) is 1.84. The van der Waals surface area contributed by atoms with E-state index in [2.05, 4.69) is 10.1 Å². The zero-order chi connectivity index (χ0) is 9.68. The Morgan fingerprint density at radius 2 is 2.08 bits per heavy atom. The molecule has 1 rings (SSSR count). The Morgan fingerprint density at radius 3 is 2.62 bits per heavy atom. The summed E-state index contributed by atoms with van der Waals surface area (Å²) in [6.45, 7) is 0. The fraction of sp³-hybridized carbons (Fsp3) is 0.222. The fourth-order valence-corrected chi connectivity index (χ4v) is 0.882. The van der Waals surface area contributed by atoms with Crippen molar-refractivity contribution in [1.29, 1.82) is 0 Å². The molecule has 1 aromatic carbocycles. The lowest BCUT2D eigenvalue weighted by molar-refractivity contribution is -0.121. The van der Waals surface area contributed by atoms with Gasteiger partial charge in [0.05, 0.1) is 0 Å². The van der Waals surface area contributed by atoms with Crippen molar-refractivity contribution in [1.82, 2.24) is 0 Å². The van der Waals surface area contributed by atoms with Crippen molar-refractivity contribution >= 4 is 23.2 Å². The number of rotatable bonds is 3. The fourth-order valence-electron chi connectivity index (χ4n) is 0.828. The maximum absolute atomic E-state index is 11.2. The van der Waals surface area contributed by atoms with Crippen LogP contribution in [0.2, 0.25) is 0 Å². The third-order valence-corrected chi connectivity index (χ3v) is 1.83. The first-order valence-corrected chi connectivity index (χ1v) is 4.20. The Morgan fingerprint density at radius 1 is 1.46 bits per heavy atom. The Balaban J connectivity index is 2.55. The molecule has 0 bridgehead atoms. The minimum absolute atomic E-state index is 0.365. The zero-order valence-corrected chi connectivity index (χ0v) is 7.91. The van der Waals surface area contributed by atoms with Gasteiger partial charge in [0.1, 0.15) is 0 Å². The van der Waals surface area contributed by atoms with E-state index >= 15 is 0 Å². The molecular formula is C9H10ClNO2. The first kappa shape index (κ1) is 10.0. The van der Waals surface area contributed by atoms with Crippen LogP contribution >= 0.6 is 11.6 Å². The number of carbonyl (C=O) groups excluding carboxylic acids is 1. The van der Waals surface area contributed by atoms with Gasteiger partial charge in [0.15, 0.2) is 0 Å². The molecule has 0 saturated carbocycles. The summed E-state index contributed by atoms with van der Waals surface area (Å²) < 4.78 is 4.64. The van der Waals surface area contributed by atoms with Gasteiger partial charge in [-0.05, 0) is 12.1 Å². The number of anilines is 1. The summed E-state index contributed by atoms with van der Waals surface area (Å²) >= 11 is 5.53. The van der Waals surface area contributed by atoms with Crippen LogP contribution in [0, 0.1) is 0 Å². The quantitative estimate of drug-likeness (QED) is 0.755. The number of methoxy groups -OCH3 is 1. The molecule has 1 atom stereocenters. The van der Waals surface area contributed by atoms with Crippen LogP contribution in [0.1, 0.15) is 0 Å². The summed E-state index contributed by atoms with van der Waals surface area (Å²) in [5.74, 6) is -0.365. The normalized spacial score (nSPS) is 12.2. The number of benzene rings is 1. The molecule has 0 aliphatic rings. The molecule has 0 aliphatic heterocycles. The number of nitrogens with one attached hydrogen (secondary N) is 1. The smallest absolute Gasteiger partial charge is 0.269 e. The molecule has 0 fully saturated rings. The van der Waals surface area contributed by atoms with E-state index in [0.29, 0.717) is 5.69 Å². The van der Waals surface area contributed by atoms with Crippen LogP contribution in [-0.2, 0) is 9.53 Å². The third-order valence-electron chi connectivity index (χ3n) is 1.45. The minimum atomic E-state index is -0.944. The highest BCUT2D eigenvalue weighted by molar-refractivity contribution is 6.31. The van der Waals surface area contributed by atoms with Gasteiger partial charge < -0.3 is 10.1 Å². The molecule has 0 saturated heterocycles. The van der Waals surface area contributed by atoms with E-state index in [0.717, 1.165) is 0 Å². The average molecular weight is 200 g/mol. The van der Waals surface area contributed by atoms with Crippen molar-refractivity contribution < 1.29 is 9.53 Å². The van der Waals surface area contributed by atoms with Gasteiger partial charge in [-0.15, -0.1) is 0 Å². The van der Waals surface area contributed by atoms with Crippen LogP contribution in [0.25, 0.3) is 0 Å². The van der Waals surface area contributed by atoms with Crippen molar-refractivity contribution in [2.75, 3.05) is 12.4 Å². The summed E-state index contributed by atoms with van der Waals surface area (Å²) in [4.78, 5) is 11.2. The van der Waals surface area contributed by atoms with Gasteiger partial charge in [-0.1, -0.05) is 29.8 Å². The molecule has 0 spiro atoms. The number of carbonyl (C=O) groups is 1. The lowest BCUT2D eigenvalue weighted by Crippen LogP contribution is -2.24. The van der Waals surface area contributed by atoms with Crippen LogP contribution < -0.4 is 5.32 Å². The van der Waals surface area contributed by atoms with E-state index in [9.17, 15) is 4.79 Å². The first-order valence-electron chi connectivity index (χ1n) is 3.77. The van der Waals surface area contributed by atoms with Crippen molar-refractivity contribution in [3.8, 4) is 0 Å². The Labute approximate surface area is 81.7 Å². The molecule has 1 amide bonds. The minimum Gasteiger partial charge on any atom is -0.357 e. The lowest BCUT2D eigenvalue weighted by atomic mass is 10.3. The predicted molar refractivity (Wildman–Crippen MR) is 51.7 cm³/mol. The van der Waals surface area contributed by atoms with E-state index < -0.39 is 5.56 Å². The Bertz CT molecular complexity index is 276. The van der Waals surface area contributed by atoms with Crippen molar-refractivity contribution in [3.05, 3.63) is 30.3 Å². The molecular weight excluding hydrogens is 190 g/mol. The second kappa shape index (κ2) is 4.84. The standard InChI is InChI=1S/C9H10ClNO2/c1-13-8(10)9(12)11-7-5-3-2-4-6-7/h2-6,8H,1H3,(H,11,12). The Hall–Kier alpha value is -1.06. The highest BCUT2D eigenvalue weighted by Gasteiger charge is 2.13. The zero-order valence-electron chi connectivity index (χ0n) is 7.16. The molecule has 3 nitrogen and oxygen atoms in total. The van der Waals surface area contributed by atoms with Gasteiger partial charge in [0.25, 0.3) is 5.91 Å². The van der Waals surface area contributed by atoms with Crippen LogP contribution in [0.5, 0.6) is 0 Å². The highest BCUT2D eigenvalue weighted by Crippen LogP contribution is 2.07. The van der Waals surface area contributed by atoms with Gasteiger partial charge in [-0.2, -0.15) is 0 Å². The molecule has 4 heteroatoms. The molecule has 0 aromatic heterocycles. The maximum atomic E-state index is 11.2. The number of ether oxygens (including phenoxy) is 1. The monoisotopic (exact) mass is 199 g/mol. The summed E-state index contributed by atoms with van der Waals surface area (Å²) in [6.07, 6.45) is 0. The van der Waals surface area contributed by atoms with E-state index in [4.69, 9.17) is 11.6 Å². The van der Waals surface area contributed by atoms with Gasteiger partial charge >= 0.3 is 0 Å².